The summed E-state index contributed by atoms with van der Waals surface area (Å²) in [6.07, 6.45) is 6.06. The van der Waals surface area contributed by atoms with Crippen LogP contribution in [0.25, 0.3) is 0 Å². The number of fused-ring (bicyclic) bond motifs is 2. The standard InChI is InChI=1S/C18H26N2O/c1-18(14-6-3-2-4-7-14)13-20(11-5-10-19-18)16-12-15-8-9-17(16)21-15/h2-4,6-7,15-17,19H,5,8-13H2,1H3. The predicted octanol–water partition coefficient (Wildman–Crippen LogP) is 2.52. The minimum atomic E-state index is 0.0552. The van der Waals surface area contributed by atoms with Crippen LogP contribution in [0.4, 0.5) is 0 Å². The maximum Gasteiger partial charge on any atom is 0.0735 e. The first-order chi connectivity index (χ1) is 10.2. The van der Waals surface area contributed by atoms with Crippen LogP contribution in [0.2, 0.25) is 0 Å². The van der Waals surface area contributed by atoms with Crippen molar-refractivity contribution in [2.24, 2.45) is 0 Å². The Hall–Kier alpha value is -0.900. The third-order valence-electron chi connectivity index (χ3n) is 5.61. The van der Waals surface area contributed by atoms with E-state index in [4.69, 9.17) is 4.74 Å². The van der Waals surface area contributed by atoms with E-state index in [0.29, 0.717) is 18.2 Å². The van der Waals surface area contributed by atoms with Gasteiger partial charge in [0.2, 0.25) is 0 Å². The van der Waals surface area contributed by atoms with E-state index in [2.05, 4.69) is 47.5 Å². The molecule has 0 aliphatic carbocycles. The molecule has 3 heterocycles. The Morgan fingerprint density at radius 2 is 2.10 bits per heavy atom. The van der Waals surface area contributed by atoms with Gasteiger partial charge in [0.1, 0.15) is 0 Å². The molecule has 3 heteroatoms. The molecule has 1 aromatic rings. The molecule has 114 valence electrons. The van der Waals surface area contributed by atoms with Gasteiger partial charge in [0.15, 0.2) is 0 Å². The number of benzene rings is 1. The minimum Gasteiger partial charge on any atom is -0.373 e. The molecule has 0 aromatic heterocycles. The van der Waals surface area contributed by atoms with Crippen molar-refractivity contribution in [3.8, 4) is 0 Å². The zero-order chi connectivity index (χ0) is 14.3. The van der Waals surface area contributed by atoms with Crippen LogP contribution in [0, 0.1) is 0 Å². The van der Waals surface area contributed by atoms with E-state index >= 15 is 0 Å². The fourth-order valence-electron chi connectivity index (χ4n) is 4.47. The fourth-order valence-corrected chi connectivity index (χ4v) is 4.47. The molecule has 21 heavy (non-hydrogen) atoms. The third kappa shape index (κ3) is 2.52. The molecule has 3 fully saturated rings. The van der Waals surface area contributed by atoms with Crippen LogP contribution in [0.5, 0.6) is 0 Å². The molecule has 2 bridgehead atoms. The molecule has 3 aliphatic rings. The summed E-state index contributed by atoms with van der Waals surface area (Å²) >= 11 is 0. The van der Waals surface area contributed by atoms with Gasteiger partial charge in [-0.15, -0.1) is 0 Å². The Morgan fingerprint density at radius 1 is 1.24 bits per heavy atom. The van der Waals surface area contributed by atoms with Gasteiger partial charge < -0.3 is 10.1 Å². The van der Waals surface area contributed by atoms with Crippen LogP contribution in [0.1, 0.15) is 38.2 Å². The zero-order valence-corrected chi connectivity index (χ0v) is 12.9. The molecule has 4 unspecified atom stereocenters. The molecule has 0 saturated carbocycles. The average molecular weight is 286 g/mol. The lowest BCUT2D eigenvalue weighted by atomic mass is 9.89. The quantitative estimate of drug-likeness (QED) is 0.904. The minimum absolute atomic E-state index is 0.0552. The van der Waals surface area contributed by atoms with Gasteiger partial charge in [0, 0.05) is 12.6 Å². The summed E-state index contributed by atoms with van der Waals surface area (Å²) in [6.45, 7) is 5.75. The lowest BCUT2D eigenvalue weighted by Crippen LogP contribution is -2.51. The number of hydrogen-bond acceptors (Lipinski definition) is 3. The molecule has 0 amide bonds. The Labute approximate surface area is 127 Å². The molecule has 3 aliphatic heterocycles. The number of nitrogens with one attached hydrogen (secondary N) is 1. The molecule has 4 rings (SSSR count). The van der Waals surface area contributed by atoms with E-state index < -0.39 is 0 Å². The van der Waals surface area contributed by atoms with Gasteiger partial charge >= 0.3 is 0 Å². The Balaban J connectivity index is 1.56. The van der Waals surface area contributed by atoms with E-state index in [9.17, 15) is 0 Å². The van der Waals surface area contributed by atoms with Gasteiger partial charge in [0.05, 0.1) is 17.7 Å². The Morgan fingerprint density at radius 3 is 2.81 bits per heavy atom. The van der Waals surface area contributed by atoms with E-state index in [1.54, 1.807) is 0 Å². The molecule has 3 nitrogen and oxygen atoms in total. The first-order valence-corrected chi connectivity index (χ1v) is 8.45. The first kappa shape index (κ1) is 13.7. The number of nitrogens with zero attached hydrogens (tertiary/aromatic N) is 1. The summed E-state index contributed by atoms with van der Waals surface area (Å²) in [5.41, 5.74) is 1.46. The highest BCUT2D eigenvalue weighted by Crippen LogP contribution is 2.38. The summed E-state index contributed by atoms with van der Waals surface area (Å²) in [7, 11) is 0. The number of ether oxygens (including phenoxy) is 1. The monoisotopic (exact) mass is 286 g/mol. The van der Waals surface area contributed by atoms with Crippen molar-refractivity contribution in [3.05, 3.63) is 35.9 Å². The van der Waals surface area contributed by atoms with Crippen LogP contribution in [-0.4, -0.2) is 42.8 Å². The molecule has 0 spiro atoms. The van der Waals surface area contributed by atoms with E-state index in [1.807, 2.05) is 0 Å². The van der Waals surface area contributed by atoms with Crippen molar-refractivity contribution in [2.75, 3.05) is 19.6 Å². The van der Waals surface area contributed by atoms with Crippen LogP contribution < -0.4 is 5.32 Å². The molecular formula is C18H26N2O. The molecule has 0 radical (unpaired) electrons. The average Bonchev–Trinajstić information content (AvgIpc) is 3.09. The Bertz CT molecular complexity index is 491. The maximum absolute atomic E-state index is 6.09. The lowest BCUT2D eigenvalue weighted by Gasteiger charge is -2.38. The van der Waals surface area contributed by atoms with E-state index in [-0.39, 0.29) is 5.54 Å². The number of hydrogen-bond donors (Lipinski definition) is 1. The highest BCUT2D eigenvalue weighted by atomic mass is 16.5. The van der Waals surface area contributed by atoms with Crippen LogP contribution >= 0.6 is 0 Å². The van der Waals surface area contributed by atoms with Crippen molar-refractivity contribution in [3.63, 3.8) is 0 Å². The van der Waals surface area contributed by atoms with Gasteiger partial charge in [-0.1, -0.05) is 30.3 Å². The summed E-state index contributed by atoms with van der Waals surface area (Å²) < 4.78 is 6.09. The first-order valence-electron chi connectivity index (χ1n) is 8.45. The molecule has 1 aromatic carbocycles. The van der Waals surface area contributed by atoms with Gasteiger partial charge in [-0.3, -0.25) is 4.90 Å². The zero-order valence-electron chi connectivity index (χ0n) is 12.9. The highest BCUT2D eigenvalue weighted by molar-refractivity contribution is 5.24. The molecular weight excluding hydrogens is 260 g/mol. The maximum atomic E-state index is 6.09. The van der Waals surface area contributed by atoms with Crippen LogP contribution in [-0.2, 0) is 10.3 Å². The fraction of sp³-hybridized carbons (Fsp3) is 0.667. The van der Waals surface area contributed by atoms with Crippen LogP contribution in [0.3, 0.4) is 0 Å². The topological polar surface area (TPSA) is 24.5 Å². The van der Waals surface area contributed by atoms with Crippen molar-refractivity contribution < 1.29 is 4.74 Å². The normalized spacial score (nSPS) is 40.3. The SMILES string of the molecule is CC1(c2ccccc2)CN(C2CC3CCC2O3)CCCN1. The third-order valence-corrected chi connectivity index (χ3v) is 5.61. The predicted molar refractivity (Wildman–Crippen MR) is 84.3 cm³/mol. The second-order valence-corrected chi connectivity index (χ2v) is 7.13. The number of rotatable bonds is 2. The second kappa shape index (κ2) is 5.38. The van der Waals surface area contributed by atoms with Gasteiger partial charge in [-0.2, -0.15) is 0 Å². The lowest BCUT2D eigenvalue weighted by molar-refractivity contribution is 0.0636. The van der Waals surface area contributed by atoms with E-state index in [0.717, 1.165) is 13.1 Å². The van der Waals surface area contributed by atoms with Crippen molar-refractivity contribution >= 4 is 0 Å². The van der Waals surface area contributed by atoms with Crippen molar-refractivity contribution in [1.82, 2.24) is 10.2 Å². The summed E-state index contributed by atoms with van der Waals surface area (Å²) in [5.74, 6) is 0. The highest BCUT2D eigenvalue weighted by Gasteiger charge is 2.45. The van der Waals surface area contributed by atoms with E-state index in [1.165, 1.54) is 37.8 Å². The van der Waals surface area contributed by atoms with Crippen molar-refractivity contribution in [2.45, 2.75) is 56.4 Å². The molecule has 4 atom stereocenters. The van der Waals surface area contributed by atoms with Gasteiger partial charge in [-0.05, 0) is 51.3 Å². The van der Waals surface area contributed by atoms with Gasteiger partial charge in [-0.25, -0.2) is 0 Å². The summed E-state index contributed by atoms with van der Waals surface area (Å²) in [5, 5.41) is 3.79. The smallest absolute Gasteiger partial charge is 0.0735 e. The Kier molecular flexibility index (Phi) is 3.52. The summed E-state index contributed by atoms with van der Waals surface area (Å²) in [6, 6.07) is 11.6. The van der Waals surface area contributed by atoms with Crippen LogP contribution in [0.15, 0.2) is 30.3 Å². The van der Waals surface area contributed by atoms with Crippen molar-refractivity contribution in [1.29, 1.82) is 0 Å². The van der Waals surface area contributed by atoms with Gasteiger partial charge in [0.25, 0.3) is 0 Å². The second-order valence-electron chi connectivity index (χ2n) is 7.13. The largest absolute Gasteiger partial charge is 0.373 e. The summed E-state index contributed by atoms with van der Waals surface area (Å²) in [4.78, 5) is 2.71. The molecule has 3 saturated heterocycles. The molecule has 1 N–H and O–H groups in total.